The molecular formula is C17H22N2O2. The van der Waals surface area contributed by atoms with Crippen LogP contribution >= 0.6 is 0 Å². The Hall–Kier alpha value is -1.65. The highest BCUT2D eigenvalue weighted by atomic mass is 16.5. The second-order valence-corrected chi connectivity index (χ2v) is 5.75. The van der Waals surface area contributed by atoms with Gasteiger partial charge in [0.15, 0.2) is 0 Å². The van der Waals surface area contributed by atoms with Crippen LogP contribution in [0.4, 0.5) is 5.82 Å². The number of benzene rings is 1. The summed E-state index contributed by atoms with van der Waals surface area (Å²) in [6.07, 6.45) is 2.23. The molecule has 1 fully saturated rings. The largest absolute Gasteiger partial charge is 0.390 e. The molecule has 0 radical (unpaired) electrons. The van der Waals surface area contributed by atoms with E-state index in [4.69, 9.17) is 4.74 Å². The molecule has 0 aliphatic carbocycles. The lowest BCUT2D eigenvalue weighted by Gasteiger charge is -2.28. The Morgan fingerprint density at radius 3 is 2.81 bits per heavy atom. The van der Waals surface area contributed by atoms with Crippen molar-refractivity contribution < 1.29 is 9.84 Å². The third-order valence-corrected chi connectivity index (χ3v) is 4.17. The van der Waals surface area contributed by atoms with E-state index in [0.29, 0.717) is 5.92 Å². The van der Waals surface area contributed by atoms with E-state index in [1.54, 1.807) is 0 Å². The first-order valence-corrected chi connectivity index (χ1v) is 7.56. The first-order valence-electron chi connectivity index (χ1n) is 7.56. The summed E-state index contributed by atoms with van der Waals surface area (Å²) < 4.78 is 5.43. The van der Waals surface area contributed by atoms with Gasteiger partial charge in [-0.1, -0.05) is 24.3 Å². The minimum absolute atomic E-state index is 0.0249. The molecule has 1 N–H and O–H groups in total. The molecule has 4 nitrogen and oxygen atoms in total. The van der Waals surface area contributed by atoms with Gasteiger partial charge in [-0.05, 0) is 30.2 Å². The molecule has 1 aromatic carbocycles. The van der Waals surface area contributed by atoms with Crippen molar-refractivity contribution in [3.63, 3.8) is 0 Å². The lowest BCUT2D eigenvalue weighted by Crippen LogP contribution is -2.30. The lowest BCUT2D eigenvalue weighted by molar-refractivity contribution is 0.0685. The fourth-order valence-corrected chi connectivity index (χ4v) is 3.01. The topological polar surface area (TPSA) is 45.6 Å². The van der Waals surface area contributed by atoms with Crippen molar-refractivity contribution in [2.45, 2.75) is 19.4 Å². The standard InChI is InChI=1S/C17H22N2O2/c1-19(11-13-6-8-21-9-7-13)17-16-5-3-2-4-14(16)10-15(12-20)18-17/h2-5,10,13,20H,6-9,11-12H2,1H3. The summed E-state index contributed by atoms with van der Waals surface area (Å²) in [4.78, 5) is 6.85. The monoisotopic (exact) mass is 286 g/mol. The Bertz CT molecular complexity index is 609. The second kappa shape index (κ2) is 6.41. The van der Waals surface area contributed by atoms with Crippen LogP contribution in [0.25, 0.3) is 10.8 Å². The number of anilines is 1. The number of ether oxygens (including phenoxy) is 1. The SMILES string of the molecule is CN(CC1CCOCC1)c1nc(CO)cc2ccccc12. The van der Waals surface area contributed by atoms with Crippen molar-refractivity contribution in [3.05, 3.63) is 36.0 Å². The van der Waals surface area contributed by atoms with E-state index in [9.17, 15) is 5.11 Å². The smallest absolute Gasteiger partial charge is 0.136 e. The van der Waals surface area contributed by atoms with Gasteiger partial charge in [0.05, 0.1) is 12.3 Å². The molecule has 1 aliphatic rings. The maximum atomic E-state index is 9.43. The van der Waals surface area contributed by atoms with Crippen LogP contribution in [0.3, 0.4) is 0 Å². The lowest BCUT2D eigenvalue weighted by atomic mass is 9.99. The average molecular weight is 286 g/mol. The van der Waals surface area contributed by atoms with Gasteiger partial charge in [-0.3, -0.25) is 0 Å². The van der Waals surface area contributed by atoms with Crippen LogP contribution in [0, 0.1) is 5.92 Å². The minimum atomic E-state index is -0.0249. The maximum absolute atomic E-state index is 9.43. The van der Waals surface area contributed by atoms with E-state index in [0.717, 1.165) is 54.9 Å². The van der Waals surface area contributed by atoms with Gasteiger partial charge in [-0.15, -0.1) is 0 Å². The van der Waals surface area contributed by atoms with Gasteiger partial charge in [-0.2, -0.15) is 0 Å². The van der Waals surface area contributed by atoms with Crippen molar-refractivity contribution in [2.24, 2.45) is 5.92 Å². The molecule has 3 rings (SSSR count). The molecule has 0 saturated carbocycles. The summed E-state index contributed by atoms with van der Waals surface area (Å²) >= 11 is 0. The van der Waals surface area contributed by atoms with Crippen molar-refractivity contribution >= 4 is 16.6 Å². The summed E-state index contributed by atoms with van der Waals surface area (Å²) in [5, 5.41) is 11.7. The zero-order valence-corrected chi connectivity index (χ0v) is 12.5. The van der Waals surface area contributed by atoms with Gasteiger partial charge in [0.1, 0.15) is 5.82 Å². The summed E-state index contributed by atoms with van der Waals surface area (Å²) in [6.45, 7) is 2.69. The quantitative estimate of drug-likeness (QED) is 0.938. The highest BCUT2D eigenvalue weighted by Gasteiger charge is 2.18. The Balaban J connectivity index is 1.90. The molecule has 0 atom stereocenters. The summed E-state index contributed by atoms with van der Waals surface area (Å²) in [5.74, 6) is 1.62. The molecule has 0 amide bonds. The van der Waals surface area contributed by atoms with E-state index in [-0.39, 0.29) is 6.61 Å². The summed E-state index contributed by atoms with van der Waals surface area (Å²) in [6, 6.07) is 10.2. The van der Waals surface area contributed by atoms with Crippen LogP contribution < -0.4 is 4.90 Å². The van der Waals surface area contributed by atoms with E-state index >= 15 is 0 Å². The predicted octanol–water partition coefficient (Wildman–Crippen LogP) is 2.59. The summed E-state index contributed by atoms with van der Waals surface area (Å²) in [5.41, 5.74) is 0.725. The van der Waals surface area contributed by atoms with Crippen LogP contribution in [0.1, 0.15) is 18.5 Å². The van der Waals surface area contributed by atoms with Gasteiger partial charge in [-0.25, -0.2) is 4.98 Å². The normalized spacial score (nSPS) is 16.3. The second-order valence-electron chi connectivity index (χ2n) is 5.75. The Morgan fingerprint density at radius 2 is 2.05 bits per heavy atom. The molecule has 1 aliphatic heterocycles. The number of nitrogens with zero attached hydrogens (tertiary/aromatic N) is 2. The zero-order valence-electron chi connectivity index (χ0n) is 12.5. The predicted molar refractivity (Wildman–Crippen MR) is 84.5 cm³/mol. The van der Waals surface area contributed by atoms with Crippen LogP contribution in [-0.2, 0) is 11.3 Å². The van der Waals surface area contributed by atoms with Crippen LogP contribution in [0.5, 0.6) is 0 Å². The first-order chi connectivity index (χ1) is 10.3. The molecule has 1 aromatic heterocycles. The Labute approximate surface area is 125 Å². The molecule has 0 spiro atoms. The van der Waals surface area contributed by atoms with Gasteiger partial charge in [0.2, 0.25) is 0 Å². The zero-order chi connectivity index (χ0) is 14.7. The molecule has 4 heteroatoms. The van der Waals surface area contributed by atoms with Gasteiger partial charge in [0.25, 0.3) is 0 Å². The van der Waals surface area contributed by atoms with E-state index in [1.165, 1.54) is 0 Å². The number of rotatable bonds is 4. The molecule has 0 bridgehead atoms. The third kappa shape index (κ3) is 3.17. The number of fused-ring (bicyclic) bond motifs is 1. The molecule has 1 saturated heterocycles. The highest BCUT2D eigenvalue weighted by Crippen LogP contribution is 2.27. The molecule has 0 unspecified atom stereocenters. The first kappa shape index (κ1) is 14.3. The van der Waals surface area contributed by atoms with Gasteiger partial charge >= 0.3 is 0 Å². The molecule has 2 heterocycles. The van der Waals surface area contributed by atoms with Crippen LogP contribution in [0.2, 0.25) is 0 Å². The number of pyridine rings is 1. The highest BCUT2D eigenvalue weighted by molar-refractivity contribution is 5.92. The fourth-order valence-electron chi connectivity index (χ4n) is 3.01. The summed E-state index contributed by atoms with van der Waals surface area (Å²) in [7, 11) is 2.09. The van der Waals surface area contributed by atoms with E-state index in [1.807, 2.05) is 18.2 Å². The number of aliphatic hydroxyl groups excluding tert-OH is 1. The molecule has 112 valence electrons. The Morgan fingerprint density at radius 1 is 1.29 bits per heavy atom. The van der Waals surface area contributed by atoms with Gasteiger partial charge < -0.3 is 14.7 Å². The van der Waals surface area contributed by atoms with Crippen LogP contribution in [0.15, 0.2) is 30.3 Å². The number of aliphatic hydroxyl groups is 1. The number of aromatic nitrogens is 1. The maximum Gasteiger partial charge on any atom is 0.136 e. The number of hydrogen-bond donors (Lipinski definition) is 1. The molecular weight excluding hydrogens is 264 g/mol. The third-order valence-electron chi connectivity index (χ3n) is 4.17. The van der Waals surface area contributed by atoms with Crippen molar-refractivity contribution in [3.8, 4) is 0 Å². The molecule has 2 aromatic rings. The average Bonchev–Trinajstić information content (AvgIpc) is 2.54. The van der Waals surface area contributed by atoms with Crippen LogP contribution in [-0.4, -0.2) is 36.9 Å². The fraction of sp³-hybridized carbons (Fsp3) is 0.471. The molecule has 21 heavy (non-hydrogen) atoms. The van der Waals surface area contributed by atoms with Gasteiger partial charge in [0, 0.05) is 32.2 Å². The van der Waals surface area contributed by atoms with E-state index in [2.05, 4.69) is 29.1 Å². The Kier molecular flexibility index (Phi) is 4.36. The number of hydrogen-bond acceptors (Lipinski definition) is 4. The minimum Gasteiger partial charge on any atom is -0.390 e. The van der Waals surface area contributed by atoms with E-state index < -0.39 is 0 Å². The van der Waals surface area contributed by atoms with Crippen molar-refractivity contribution in [2.75, 3.05) is 31.7 Å². The van der Waals surface area contributed by atoms with Crippen molar-refractivity contribution in [1.29, 1.82) is 0 Å². The van der Waals surface area contributed by atoms with Crippen molar-refractivity contribution in [1.82, 2.24) is 4.98 Å².